The van der Waals surface area contributed by atoms with Gasteiger partial charge in [0.1, 0.15) is 10.2 Å². The molecule has 0 bridgehead atoms. The molecule has 6 heteroatoms. The third kappa shape index (κ3) is 3.04. The van der Waals surface area contributed by atoms with Crippen molar-refractivity contribution in [3.63, 3.8) is 0 Å². The molecule has 0 aliphatic carbocycles. The zero-order valence-electron chi connectivity index (χ0n) is 8.59. The summed E-state index contributed by atoms with van der Waals surface area (Å²) >= 11 is 3.02. The fourth-order valence-corrected chi connectivity index (χ4v) is 2.83. The normalized spacial score (nSPS) is 10.4. The van der Waals surface area contributed by atoms with E-state index in [0.29, 0.717) is 5.75 Å². The SMILES string of the molecule is O=C(O)c1cc(CSc2nccs2)ccc1F. The van der Waals surface area contributed by atoms with Crippen molar-refractivity contribution in [2.24, 2.45) is 0 Å². The van der Waals surface area contributed by atoms with Crippen molar-refractivity contribution in [2.45, 2.75) is 10.1 Å². The Morgan fingerprint density at radius 3 is 3.00 bits per heavy atom. The average molecular weight is 269 g/mol. The van der Waals surface area contributed by atoms with Crippen LogP contribution >= 0.6 is 23.1 Å². The van der Waals surface area contributed by atoms with Crippen LogP contribution in [0.15, 0.2) is 34.1 Å². The Balaban J connectivity index is 2.11. The smallest absolute Gasteiger partial charge is 0.338 e. The third-order valence-electron chi connectivity index (χ3n) is 2.03. The summed E-state index contributed by atoms with van der Waals surface area (Å²) in [5.41, 5.74) is 0.478. The lowest BCUT2D eigenvalue weighted by atomic mass is 10.1. The highest BCUT2D eigenvalue weighted by molar-refractivity contribution is 8.00. The van der Waals surface area contributed by atoms with Crippen LogP contribution in [0, 0.1) is 5.82 Å². The van der Waals surface area contributed by atoms with Crippen LogP contribution in [0.5, 0.6) is 0 Å². The predicted molar refractivity (Wildman–Crippen MR) is 65.0 cm³/mol. The molecule has 1 aromatic carbocycles. The van der Waals surface area contributed by atoms with Crippen molar-refractivity contribution in [2.75, 3.05) is 0 Å². The summed E-state index contributed by atoms with van der Waals surface area (Å²) < 4.78 is 14.0. The quantitative estimate of drug-likeness (QED) is 0.865. The minimum atomic E-state index is -1.25. The van der Waals surface area contributed by atoms with Crippen molar-refractivity contribution in [1.82, 2.24) is 4.98 Å². The lowest BCUT2D eigenvalue weighted by Gasteiger charge is -2.02. The second kappa shape index (κ2) is 5.29. The highest BCUT2D eigenvalue weighted by atomic mass is 32.2. The van der Waals surface area contributed by atoms with E-state index in [0.717, 1.165) is 9.90 Å². The van der Waals surface area contributed by atoms with Gasteiger partial charge in [-0.15, -0.1) is 11.3 Å². The van der Waals surface area contributed by atoms with Crippen molar-refractivity contribution in [3.8, 4) is 0 Å². The molecule has 0 saturated heterocycles. The highest BCUT2D eigenvalue weighted by Gasteiger charge is 2.10. The molecule has 1 N–H and O–H groups in total. The zero-order chi connectivity index (χ0) is 12.3. The lowest BCUT2D eigenvalue weighted by molar-refractivity contribution is 0.0692. The number of nitrogens with zero attached hydrogens (tertiary/aromatic N) is 1. The van der Waals surface area contributed by atoms with Crippen molar-refractivity contribution in [3.05, 3.63) is 46.7 Å². The fraction of sp³-hybridized carbons (Fsp3) is 0.0909. The lowest BCUT2D eigenvalue weighted by Crippen LogP contribution is -2.01. The maximum Gasteiger partial charge on any atom is 0.338 e. The number of hydrogen-bond acceptors (Lipinski definition) is 4. The zero-order valence-corrected chi connectivity index (χ0v) is 10.2. The van der Waals surface area contributed by atoms with Gasteiger partial charge >= 0.3 is 5.97 Å². The Bertz CT molecular complexity index is 528. The molecule has 0 fully saturated rings. The van der Waals surface area contributed by atoms with E-state index in [1.165, 1.54) is 35.2 Å². The fourth-order valence-electron chi connectivity index (χ4n) is 1.25. The van der Waals surface area contributed by atoms with Crippen molar-refractivity contribution < 1.29 is 14.3 Å². The van der Waals surface area contributed by atoms with Crippen LogP contribution < -0.4 is 0 Å². The van der Waals surface area contributed by atoms with E-state index in [1.54, 1.807) is 12.3 Å². The summed E-state index contributed by atoms with van der Waals surface area (Å²) in [6.45, 7) is 0. The van der Waals surface area contributed by atoms with E-state index < -0.39 is 11.8 Å². The summed E-state index contributed by atoms with van der Waals surface area (Å²) in [6.07, 6.45) is 1.71. The summed E-state index contributed by atoms with van der Waals surface area (Å²) in [5.74, 6) is -1.38. The Morgan fingerprint density at radius 1 is 1.53 bits per heavy atom. The standard InChI is InChI=1S/C11H8FNO2S2/c12-9-2-1-7(5-8(9)10(14)15)6-17-11-13-3-4-16-11/h1-5H,6H2,(H,14,15). The van der Waals surface area contributed by atoms with E-state index in [2.05, 4.69) is 4.98 Å². The van der Waals surface area contributed by atoms with Crippen LogP contribution in [0.3, 0.4) is 0 Å². The second-order valence-corrected chi connectivity index (χ2v) is 5.32. The molecule has 2 aromatic rings. The predicted octanol–water partition coefficient (Wildman–Crippen LogP) is 3.27. The van der Waals surface area contributed by atoms with Crippen LogP contribution in [0.4, 0.5) is 4.39 Å². The molecular formula is C11H8FNO2S2. The largest absolute Gasteiger partial charge is 0.478 e. The Morgan fingerprint density at radius 2 is 2.35 bits per heavy atom. The number of carboxylic acid groups (broad SMARTS) is 1. The van der Waals surface area contributed by atoms with E-state index in [9.17, 15) is 9.18 Å². The van der Waals surface area contributed by atoms with Gasteiger partial charge in [-0.25, -0.2) is 14.2 Å². The van der Waals surface area contributed by atoms with Crippen LogP contribution in [-0.4, -0.2) is 16.1 Å². The summed E-state index contributed by atoms with van der Waals surface area (Å²) in [5, 5.41) is 10.7. The highest BCUT2D eigenvalue weighted by Crippen LogP contribution is 2.25. The number of thioether (sulfide) groups is 1. The molecule has 3 nitrogen and oxygen atoms in total. The maximum absolute atomic E-state index is 13.1. The summed E-state index contributed by atoms with van der Waals surface area (Å²) in [7, 11) is 0. The number of halogens is 1. The van der Waals surface area contributed by atoms with Crippen molar-refractivity contribution >= 4 is 29.1 Å². The number of thiazole rings is 1. The maximum atomic E-state index is 13.1. The van der Waals surface area contributed by atoms with Gasteiger partial charge in [-0.2, -0.15) is 0 Å². The molecule has 0 saturated carbocycles. The number of aromatic nitrogens is 1. The second-order valence-electron chi connectivity index (χ2n) is 3.21. The summed E-state index contributed by atoms with van der Waals surface area (Å²) in [6, 6.07) is 4.13. The van der Waals surface area contributed by atoms with Crippen LogP contribution in [0.2, 0.25) is 0 Å². The number of hydrogen-bond donors (Lipinski definition) is 1. The monoisotopic (exact) mass is 269 g/mol. The third-order valence-corrected chi connectivity index (χ3v) is 4.07. The molecule has 0 radical (unpaired) electrons. The molecule has 1 heterocycles. The molecular weight excluding hydrogens is 261 g/mol. The topological polar surface area (TPSA) is 50.2 Å². The van der Waals surface area contributed by atoms with E-state index in [4.69, 9.17) is 5.11 Å². The van der Waals surface area contributed by atoms with Gasteiger partial charge in [0.2, 0.25) is 0 Å². The van der Waals surface area contributed by atoms with Crippen LogP contribution in [0.25, 0.3) is 0 Å². The van der Waals surface area contributed by atoms with Gasteiger partial charge < -0.3 is 5.11 Å². The average Bonchev–Trinajstić information content (AvgIpc) is 2.80. The van der Waals surface area contributed by atoms with Crippen LogP contribution in [0.1, 0.15) is 15.9 Å². The first-order valence-electron chi connectivity index (χ1n) is 4.71. The number of aromatic carboxylic acids is 1. The van der Waals surface area contributed by atoms with Gasteiger partial charge in [0.25, 0.3) is 0 Å². The molecule has 0 unspecified atom stereocenters. The van der Waals surface area contributed by atoms with Gasteiger partial charge in [-0.05, 0) is 17.7 Å². The minimum Gasteiger partial charge on any atom is -0.478 e. The van der Waals surface area contributed by atoms with Gasteiger partial charge in [0, 0.05) is 17.3 Å². The van der Waals surface area contributed by atoms with E-state index in [1.807, 2.05) is 5.38 Å². The van der Waals surface area contributed by atoms with Gasteiger partial charge in [0.05, 0.1) is 5.56 Å². The first kappa shape index (κ1) is 12.1. The molecule has 0 amide bonds. The van der Waals surface area contributed by atoms with Gasteiger partial charge in [0.15, 0.2) is 0 Å². The summed E-state index contributed by atoms with van der Waals surface area (Å²) in [4.78, 5) is 14.8. The molecule has 0 aliphatic heterocycles. The Hall–Kier alpha value is -1.40. The molecule has 0 spiro atoms. The molecule has 0 aliphatic rings. The first-order valence-corrected chi connectivity index (χ1v) is 6.57. The molecule has 88 valence electrons. The molecule has 0 atom stereocenters. The van der Waals surface area contributed by atoms with Crippen molar-refractivity contribution in [1.29, 1.82) is 0 Å². The number of benzene rings is 1. The Kier molecular flexibility index (Phi) is 3.75. The van der Waals surface area contributed by atoms with Gasteiger partial charge in [-0.3, -0.25) is 0 Å². The van der Waals surface area contributed by atoms with Gasteiger partial charge in [-0.1, -0.05) is 17.8 Å². The molecule has 2 rings (SSSR count). The Labute approximate surface area is 105 Å². The van der Waals surface area contributed by atoms with Crippen LogP contribution in [-0.2, 0) is 5.75 Å². The molecule has 17 heavy (non-hydrogen) atoms. The number of carbonyl (C=O) groups is 1. The van der Waals surface area contributed by atoms with E-state index >= 15 is 0 Å². The number of carboxylic acids is 1. The first-order chi connectivity index (χ1) is 8.16. The molecule has 1 aromatic heterocycles. The van der Waals surface area contributed by atoms with E-state index in [-0.39, 0.29) is 5.56 Å². The minimum absolute atomic E-state index is 0.290. The number of rotatable bonds is 4.